The largest absolute Gasteiger partial charge is 0.449 e. The average Bonchev–Trinajstić information content (AvgIpc) is 3.13. The summed E-state index contributed by atoms with van der Waals surface area (Å²) in [5.41, 5.74) is 13.6. The molecule has 3 aromatic heterocycles. The first kappa shape index (κ1) is 18.7. The number of carbonyl (C=O) groups excluding carboxylic acids is 2. The van der Waals surface area contributed by atoms with Gasteiger partial charge in [-0.2, -0.15) is 5.10 Å². The van der Waals surface area contributed by atoms with E-state index in [0.717, 1.165) is 24.1 Å². The van der Waals surface area contributed by atoms with E-state index in [1.807, 2.05) is 12.1 Å². The number of nitrogens with two attached hydrogens (primary N) is 2. The molecule has 0 aliphatic carbocycles. The molecule has 4 heterocycles. The molecule has 1 aliphatic rings. The van der Waals surface area contributed by atoms with E-state index in [9.17, 15) is 9.59 Å². The second-order valence-corrected chi connectivity index (χ2v) is 6.97. The highest BCUT2D eigenvalue weighted by atomic mass is 16.5. The van der Waals surface area contributed by atoms with Crippen LogP contribution in [0.1, 0.15) is 23.2 Å². The van der Waals surface area contributed by atoms with Gasteiger partial charge in [-0.15, -0.1) is 0 Å². The number of hydrogen-bond donors (Lipinski definition) is 2. The van der Waals surface area contributed by atoms with E-state index in [0.29, 0.717) is 24.2 Å². The third-order valence-electron chi connectivity index (χ3n) is 5.06. The molecular weight excluding hydrogens is 374 g/mol. The van der Waals surface area contributed by atoms with E-state index in [1.165, 1.54) is 6.33 Å². The van der Waals surface area contributed by atoms with E-state index in [1.54, 1.807) is 27.9 Å². The molecule has 2 amide bonds. The number of fused-ring (bicyclic) bond motifs is 1. The molecule has 1 aliphatic heterocycles. The van der Waals surface area contributed by atoms with Gasteiger partial charge in [0.1, 0.15) is 11.8 Å². The molecule has 1 saturated heterocycles. The van der Waals surface area contributed by atoms with E-state index in [4.69, 9.17) is 16.2 Å². The minimum atomic E-state index is -0.807. The maximum atomic E-state index is 13.4. The minimum Gasteiger partial charge on any atom is -0.449 e. The smallest absolute Gasteiger partial charge is 0.404 e. The summed E-state index contributed by atoms with van der Waals surface area (Å²) in [6.45, 7) is 1.28. The Morgan fingerprint density at radius 1 is 1.28 bits per heavy atom. The maximum absolute atomic E-state index is 13.4. The molecule has 0 radical (unpaired) electrons. The standard InChI is InChI=1S/C19H21N7O3/c20-17-16-14(18(27)25-7-1-2-12(9-25)10-29-19(21)28)8-15(26(16)24-11-23-17)13-3-5-22-6-4-13/h3-6,8,11-12H,1-2,7,9-10H2,(H2,21,28)(H2,20,23,24). The van der Waals surface area contributed by atoms with Crippen molar-refractivity contribution >= 4 is 23.3 Å². The Bertz CT molecular complexity index is 1050. The monoisotopic (exact) mass is 395 g/mol. The highest BCUT2D eigenvalue weighted by molar-refractivity contribution is 6.05. The fourth-order valence-corrected chi connectivity index (χ4v) is 3.72. The van der Waals surface area contributed by atoms with Crippen LogP contribution in [0.2, 0.25) is 0 Å². The average molecular weight is 395 g/mol. The van der Waals surface area contributed by atoms with E-state index < -0.39 is 6.09 Å². The van der Waals surface area contributed by atoms with Gasteiger partial charge in [-0.25, -0.2) is 14.3 Å². The summed E-state index contributed by atoms with van der Waals surface area (Å²) in [7, 11) is 0. The van der Waals surface area contributed by atoms with Crippen LogP contribution in [0.4, 0.5) is 10.6 Å². The Labute approximate surface area is 166 Å². The SMILES string of the molecule is NC(=O)OCC1CCCN(C(=O)c2cc(-c3ccncc3)n3ncnc(N)c23)C1. The number of ether oxygens (including phenoxy) is 1. The molecule has 10 nitrogen and oxygen atoms in total. The molecule has 0 aromatic carbocycles. The van der Waals surface area contributed by atoms with Gasteiger partial charge in [0.15, 0.2) is 5.82 Å². The zero-order valence-corrected chi connectivity index (χ0v) is 15.7. The Kier molecular flexibility index (Phi) is 4.98. The number of pyridine rings is 1. The van der Waals surface area contributed by atoms with Gasteiger partial charge in [0.05, 0.1) is 17.9 Å². The van der Waals surface area contributed by atoms with Crippen molar-refractivity contribution in [1.29, 1.82) is 0 Å². The van der Waals surface area contributed by atoms with E-state index >= 15 is 0 Å². The van der Waals surface area contributed by atoms with Gasteiger partial charge in [0.2, 0.25) is 0 Å². The van der Waals surface area contributed by atoms with Crippen LogP contribution in [-0.4, -0.2) is 56.2 Å². The molecular formula is C19H21N7O3. The van der Waals surface area contributed by atoms with Gasteiger partial charge < -0.3 is 21.1 Å². The molecule has 0 bridgehead atoms. The molecule has 150 valence electrons. The van der Waals surface area contributed by atoms with Crippen LogP contribution < -0.4 is 11.5 Å². The fraction of sp³-hybridized carbons (Fsp3) is 0.316. The van der Waals surface area contributed by atoms with Crippen LogP contribution in [-0.2, 0) is 4.74 Å². The number of amides is 2. The lowest BCUT2D eigenvalue weighted by molar-refractivity contribution is 0.0597. The summed E-state index contributed by atoms with van der Waals surface area (Å²) in [6, 6.07) is 5.46. The number of anilines is 1. The van der Waals surface area contributed by atoms with Crippen molar-refractivity contribution in [2.45, 2.75) is 12.8 Å². The quantitative estimate of drug-likeness (QED) is 0.678. The van der Waals surface area contributed by atoms with Gasteiger partial charge in [-0.05, 0) is 31.0 Å². The normalized spacial score (nSPS) is 16.7. The topological polar surface area (TPSA) is 142 Å². The van der Waals surface area contributed by atoms with Gasteiger partial charge in [-0.3, -0.25) is 9.78 Å². The molecule has 10 heteroatoms. The minimum absolute atomic E-state index is 0.0438. The molecule has 0 saturated carbocycles. The Hall–Kier alpha value is -3.69. The van der Waals surface area contributed by atoms with Crippen molar-refractivity contribution in [2.24, 2.45) is 11.7 Å². The fourth-order valence-electron chi connectivity index (χ4n) is 3.72. The number of hydrogen-bond acceptors (Lipinski definition) is 7. The van der Waals surface area contributed by atoms with Crippen molar-refractivity contribution in [2.75, 3.05) is 25.4 Å². The second-order valence-electron chi connectivity index (χ2n) is 6.97. The van der Waals surface area contributed by atoms with Crippen LogP contribution in [0.15, 0.2) is 36.9 Å². The highest BCUT2D eigenvalue weighted by Crippen LogP contribution is 2.29. The number of piperidine rings is 1. The number of carbonyl (C=O) groups is 2. The molecule has 29 heavy (non-hydrogen) atoms. The van der Waals surface area contributed by atoms with E-state index in [-0.39, 0.29) is 24.2 Å². The second kappa shape index (κ2) is 7.74. The predicted molar refractivity (Wildman–Crippen MR) is 105 cm³/mol. The zero-order valence-electron chi connectivity index (χ0n) is 15.7. The summed E-state index contributed by atoms with van der Waals surface area (Å²) < 4.78 is 6.54. The van der Waals surface area contributed by atoms with Crippen molar-refractivity contribution in [3.8, 4) is 11.3 Å². The molecule has 0 spiro atoms. The van der Waals surface area contributed by atoms with Crippen LogP contribution in [0.3, 0.4) is 0 Å². The number of nitrogen functional groups attached to an aromatic ring is 1. The summed E-state index contributed by atoms with van der Waals surface area (Å²) in [5, 5.41) is 4.29. The first-order valence-electron chi connectivity index (χ1n) is 9.28. The van der Waals surface area contributed by atoms with Gasteiger partial charge >= 0.3 is 6.09 Å². The first-order chi connectivity index (χ1) is 14.0. The predicted octanol–water partition coefficient (Wildman–Crippen LogP) is 1.32. The number of primary amides is 1. The summed E-state index contributed by atoms with van der Waals surface area (Å²) in [5.74, 6) is 0.115. The highest BCUT2D eigenvalue weighted by Gasteiger charge is 2.28. The Morgan fingerprint density at radius 3 is 2.83 bits per heavy atom. The van der Waals surface area contributed by atoms with Crippen molar-refractivity contribution in [3.05, 3.63) is 42.5 Å². The van der Waals surface area contributed by atoms with Gasteiger partial charge in [-0.1, -0.05) is 0 Å². The molecule has 3 aromatic rings. The number of rotatable bonds is 4. The van der Waals surface area contributed by atoms with Crippen LogP contribution >= 0.6 is 0 Å². The van der Waals surface area contributed by atoms with Crippen molar-refractivity contribution in [1.82, 2.24) is 24.5 Å². The number of nitrogens with zero attached hydrogens (tertiary/aromatic N) is 5. The van der Waals surface area contributed by atoms with E-state index in [2.05, 4.69) is 15.1 Å². The first-order valence-corrected chi connectivity index (χ1v) is 9.28. The molecule has 4 N–H and O–H groups in total. The van der Waals surface area contributed by atoms with Crippen LogP contribution in [0.25, 0.3) is 16.8 Å². The third kappa shape index (κ3) is 3.68. The molecule has 4 rings (SSSR count). The van der Waals surface area contributed by atoms with Gasteiger partial charge in [0.25, 0.3) is 5.91 Å². The maximum Gasteiger partial charge on any atom is 0.404 e. The molecule has 1 fully saturated rings. The lowest BCUT2D eigenvalue weighted by Crippen LogP contribution is -2.41. The van der Waals surface area contributed by atoms with Crippen molar-refractivity contribution < 1.29 is 14.3 Å². The molecule has 1 atom stereocenters. The van der Waals surface area contributed by atoms with Crippen LogP contribution in [0, 0.1) is 5.92 Å². The summed E-state index contributed by atoms with van der Waals surface area (Å²) >= 11 is 0. The lowest BCUT2D eigenvalue weighted by atomic mass is 9.98. The Morgan fingerprint density at radius 2 is 2.07 bits per heavy atom. The van der Waals surface area contributed by atoms with Crippen molar-refractivity contribution in [3.63, 3.8) is 0 Å². The number of likely N-dealkylation sites (tertiary alicyclic amines) is 1. The third-order valence-corrected chi connectivity index (χ3v) is 5.06. The lowest BCUT2D eigenvalue weighted by Gasteiger charge is -2.32. The molecule has 1 unspecified atom stereocenters. The Balaban J connectivity index is 1.68. The zero-order chi connectivity index (χ0) is 20.4. The van der Waals surface area contributed by atoms with Crippen LogP contribution in [0.5, 0.6) is 0 Å². The summed E-state index contributed by atoms with van der Waals surface area (Å²) in [4.78, 5) is 34.1. The summed E-state index contributed by atoms with van der Waals surface area (Å²) in [6.07, 6.45) is 5.58. The van der Waals surface area contributed by atoms with Gasteiger partial charge in [0, 0.05) is 37.0 Å². The number of aromatic nitrogens is 4.